The van der Waals surface area contributed by atoms with Crippen LogP contribution in [0.2, 0.25) is 0 Å². The molecule has 0 fully saturated rings. The predicted octanol–water partition coefficient (Wildman–Crippen LogP) is 26.7. The summed E-state index contributed by atoms with van der Waals surface area (Å²) in [5, 5.41) is 0. The van der Waals surface area contributed by atoms with Gasteiger partial charge in [-0.1, -0.05) is 267 Å². The van der Waals surface area contributed by atoms with Gasteiger partial charge in [-0.05, 0) is 219 Å². The van der Waals surface area contributed by atoms with Crippen molar-refractivity contribution in [1.29, 1.82) is 0 Å². The number of anilines is 9. The molecular formula is C90H87N3. The lowest BCUT2D eigenvalue weighted by atomic mass is 9.70. The van der Waals surface area contributed by atoms with Crippen LogP contribution in [0.1, 0.15) is 121 Å². The molecule has 0 aliphatic heterocycles. The summed E-state index contributed by atoms with van der Waals surface area (Å²) in [6.45, 7) is 6.93. The van der Waals surface area contributed by atoms with Crippen molar-refractivity contribution in [2.75, 3.05) is 14.7 Å². The third-order valence-electron chi connectivity index (χ3n) is 19.3. The van der Waals surface area contributed by atoms with Crippen LogP contribution in [0.25, 0.3) is 55.6 Å². The average Bonchev–Trinajstić information content (AvgIpc) is 1.57. The summed E-state index contributed by atoms with van der Waals surface area (Å²) in [7, 11) is 0. The second kappa shape index (κ2) is 29.5. The van der Waals surface area contributed by atoms with Gasteiger partial charge in [-0.3, -0.25) is 0 Å². The molecule has 0 N–H and O–H groups in total. The fraction of sp³-hybridized carbons (Fsp3) is 0.200. The van der Waals surface area contributed by atoms with Crippen LogP contribution in [0, 0.1) is 0 Å². The summed E-state index contributed by atoms with van der Waals surface area (Å²) in [4.78, 5) is 7.17. The van der Waals surface area contributed by atoms with E-state index < -0.39 is 0 Å². The zero-order valence-corrected chi connectivity index (χ0v) is 54.6. The summed E-state index contributed by atoms with van der Waals surface area (Å²) in [6, 6.07) is 112. The molecule has 462 valence electrons. The van der Waals surface area contributed by atoms with Gasteiger partial charge in [-0.2, -0.15) is 0 Å². The first-order valence-electron chi connectivity index (χ1n) is 34.5. The number of hydrogen-bond donors (Lipinski definition) is 0. The number of benzene rings is 12. The maximum Gasteiger partial charge on any atom is 0.0465 e. The fourth-order valence-corrected chi connectivity index (χ4v) is 14.4. The normalized spacial score (nSPS) is 12.1. The second-order valence-corrected chi connectivity index (χ2v) is 25.5. The van der Waals surface area contributed by atoms with Gasteiger partial charge in [0.15, 0.2) is 0 Å². The lowest BCUT2D eigenvalue weighted by Gasteiger charge is -2.34. The van der Waals surface area contributed by atoms with Gasteiger partial charge in [0.1, 0.15) is 0 Å². The van der Waals surface area contributed by atoms with Crippen LogP contribution in [0.4, 0.5) is 51.2 Å². The average molecular weight is 1210 g/mol. The van der Waals surface area contributed by atoms with Gasteiger partial charge in [-0.15, -0.1) is 0 Å². The molecular weight excluding hydrogens is 1120 g/mol. The molecule has 0 heterocycles. The molecule has 0 saturated carbocycles. The van der Waals surface area contributed by atoms with E-state index in [9.17, 15) is 0 Å². The first kappa shape index (κ1) is 61.9. The molecule has 0 unspecified atom stereocenters. The molecule has 1 aliphatic rings. The van der Waals surface area contributed by atoms with Crippen LogP contribution in [0.3, 0.4) is 0 Å². The Morgan fingerprint density at radius 1 is 0.226 bits per heavy atom. The number of rotatable bonds is 27. The molecule has 1 aliphatic carbocycles. The molecule has 0 saturated heterocycles. The number of para-hydroxylation sites is 3. The van der Waals surface area contributed by atoms with Crippen molar-refractivity contribution >= 4 is 51.2 Å². The van der Waals surface area contributed by atoms with E-state index in [4.69, 9.17) is 0 Å². The largest absolute Gasteiger partial charge is 0.311 e. The van der Waals surface area contributed by atoms with Crippen molar-refractivity contribution in [3.8, 4) is 55.6 Å². The van der Waals surface area contributed by atoms with E-state index in [0.29, 0.717) is 0 Å². The smallest absolute Gasteiger partial charge is 0.0465 e. The van der Waals surface area contributed by atoms with Crippen LogP contribution < -0.4 is 14.7 Å². The molecule has 13 rings (SSSR count). The highest BCUT2D eigenvalue weighted by molar-refractivity contribution is 5.88. The molecule has 0 radical (unpaired) electrons. The summed E-state index contributed by atoms with van der Waals surface area (Å²) < 4.78 is 0. The van der Waals surface area contributed by atoms with Crippen molar-refractivity contribution < 1.29 is 0 Å². The zero-order chi connectivity index (χ0) is 63.2. The second-order valence-electron chi connectivity index (χ2n) is 25.5. The van der Waals surface area contributed by atoms with E-state index in [-0.39, 0.29) is 5.41 Å². The number of aryl methyl sites for hydroxylation is 1. The van der Waals surface area contributed by atoms with Gasteiger partial charge in [-0.25, -0.2) is 0 Å². The summed E-state index contributed by atoms with van der Waals surface area (Å²) in [5.74, 6) is 0. The zero-order valence-electron chi connectivity index (χ0n) is 54.6. The first-order chi connectivity index (χ1) is 46.0. The van der Waals surface area contributed by atoms with E-state index in [1.54, 1.807) is 0 Å². The summed E-state index contributed by atoms with van der Waals surface area (Å²) in [5.41, 5.74) is 27.0. The minimum Gasteiger partial charge on any atom is -0.311 e. The topological polar surface area (TPSA) is 9.72 Å². The van der Waals surface area contributed by atoms with E-state index in [1.165, 1.54) is 161 Å². The molecule has 0 bridgehead atoms. The fourth-order valence-electron chi connectivity index (χ4n) is 14.4. The Labute approximate surface area is 554 Å². The van der Waals surface area contributed by atoms with E-state index in [0.717, 1.165) is 51.9 Å². The molecule has 0 spiro atoms. The van der Waals surface area contributed by atoms with Crippen molar-refractivity contribution in [3.63, 3.8) is 0 Å². The molecule has 93 heavy (non-hydrogen) atoms. The minimum absolute atomic E-state index is 0.00882. The quantitative estimate of drug-likeness (QED) is 0.0475. The highest BCUT2D eigenvalue weighted by Gasteiger charge is 2.42. The van der Waals surface area contributed by atoms with Crippen LogP contribution in [0.15, 0.2) is 303 Å². The van der Waals surface area contributed by atoms with Crippen LogP contribution >= 0.6 is 0 Å². The Kier molecular flexibility index (Phi) is 19.7. The Hall–Kier alpha value is -9.96. The van der Waals surface area contributed by atoms with Gasteiger partial charge >= 0.3 is 0 Å². The van der Waals surface area contributed by atoms with Crippen molar-refractivity contribution in [1.82, 2.24) is 0 Å². The standard InChI is InChI=1S/C90H87N3/c1-4-7-10-24-63-90(64-25-11-8-5-2)88-40-23-22-39-86(88)87-62-61-85(67-89(87)90)93(79-37-20-14-21-38-79)84-59-49-72(50-60-84)76-32-27-31-75(66-76)71-47-57-83(58-48-71)92(80-51-41-68(42-52-80)28-15-9-6-3)82-55-45-70(46-56-82)74-30-26-29-73(65-74)69-43-53-81(54-44-69)91(77-33-16-12-17-34-77)78-35-18-13-19-36-78/h12-14,16-23,26-27,29-62,65-67H,4-11,15,24-25,28,63-64H2,1-3H3. The number of nitrogens with zero attached hydrogens (tertiary/aromatic N) is 3. The third kappa shape index (κ3) is 13.8. The van der Waals surface area contributed by atoms with Gasteiger partial charge in [0.05, 0.1) is 0 Å². The molecule has 0 amide bonds. The predicted molar refractivity (Wildman–Crippen MR) is 399 cm³/mol. The Morgan fingerprint density at radius 2 is 0.548 bits per heavy atom. The number of hydrogen-bond acceptors (Lipinski definition) is 3. The third-order valence-corrected chi connectivity index (χ3v) is 19.3. The Bertz CT molecular complexity index is 4280. The maximum absolute atomic E-state index is 2.57. The van der Waals surface area contributed by atoms with Crippen LogP contribution in [-0.4, -0.2) is 0 Å². The molecule has 12 aromatic rings. The lowest BCUT2D eigenvalue weighted by molar-refractivity contribution is 0.401. The highest BCUT2D eigenvalue weighted by atomic mass is 15.2. The van der Waals surface area contributed by atoms with Crippen molar-refractivity contribution in [2.45, 2.75) is 116 Å². The molecule has 0 aromatic heterocycles. The molecule has 12 aromatic carbocycles. The van der Waals surface area contributed by atoms with Gasteiger partial charge < -0.3 is 14.7 Å². The van der Waals surface area contributed by atoms with E-state index in [1.807, 2.05) is 0 Å². The Morgan fingerprint density at radius 3 is 0.946 bits per heavy atom. The number of unbranched alkanes of at least 4 members (excludes halogenated alkanes) is 8. The lowest BCUT2D eigenvalue weighted by Crippen LogP contribution is -2.26. The molecule has 3 nitrogen and oxygen atoms in total. The SMILES string of the molecule is CCCCCCC1(CCCCCC)c2ccccc2-c2ccc(N(c3ccccc3)c3ccc(-c4cccc(-c5ccc(N(c6ccc(CCCCC)cc6)c6ccc(-c7cccc(-c8ccc(N(c9ccccc9)c9ccccc9)cc8)c7)cc6)cc5)c4)cc3)cc21. The van der Waals surface area contributed by atoms with E-state index >= 15 is 0 Å². The van der Waals surface area contributed by atoms with Gasteiger partial charge in [0.25, 0.3) is 0 Å². The van der Waals surface area contributed by atoms with Crippen LogP contribution in [0.5, 0.6) is 0 Å². The molecule has 3 heteroatoms. The maximum atomic E-state index is 2.57. The summed E-state index contributed by atoms with van der Waals surface area (Å²) in [6.07, 6.45) is 17.3. The van der Waals surface area contributed by atoms with Crippen molar-refractivity contribution in [2.24, 2.45) is 0 Å². The molecule has 0 atom stereocenters. The van der Waals surface area contributed by atoms with Gasteiger partial charge in [0.2, 0.25) is 0 Å². The van der Waals surface area contributed by atoms with Crippen LogP contribution in [-0.2, 0) is 11.8 Å². The monoisotopic (exact) mass is 1210 g/mol. The van der Waals surface area contributed by atoms with E-state index in [2.05, 4.69) is 339 Å². The highest BCUT2D eigenvalue weighted by Crippen LogP contribution is 2.56. The van der Waals surface area contributed by atoms with Gasteiger partial charge in [0, 0.05) is 56.6 Å². The van der Waals surface area contributed by atoms with Crippen molar-refractivity contribution in [3.05, 3.63) is 320 Å². The first-order valence-corrected chi connectivity index (χ1v) is 34.5. The minimum atomic E-state index is 0.00882. The number of fused-ring (bicyclic) bond motifs is 3. The Balaban J connectivity index is 0.763. The summed E-state index contributed by atoms with van der Waals surface area (Å²) >= 11 is 0.